The second-order valence-corrected chi connectivity index (χ2v) is 6.83. The summed E-state index contributed by atoms with van der Waals surface area (Å²) in [6.45, 7) is 2.74. The Bertz CT molecular complexity index is 1030. The van der Waals surface area contributed by atoms with Crippen LogP contribution in [-0.2, 0) is 11.8 Å². The fourth-order valence-electron chi connectivity index (χ4n) is 3.36. The highest BCUT2D eigenvalue weighted by Gasteiger charge is 2.26. The molecule has 5 nitrogen and oxygen atoms in total. The number of aromatic nitrogens is 4. The van der Waals surface area contributed by atoms with Crippen LogP contribution in [0.25, 0.3) is 22.2 Å². The van der Waals surface area contributed by atoms with Gasteiger partial charge in [0.2, 0.25) is 0 Å². The molecule has 0 aliphatic carbocycles. The first-order valence-corrected chi connectivity index (χ1v) is 8.69. The van der Waals surface area contributed by atoms with E-state index in [2.05, 4.69) is 57.4 Å². The molecule has 26 heavy (non-hydrogen) atoms. The van der Waals surface area contributed by atoms with Gasteiger partial charge in [0.05, 0.1) is 6.20 Å². The molecule has 5 heteroatoms. The van der Waals surface area contributed by atoms with Crippen molar-refractivity contribution in [3.05, 3.63) is 78.4 Å². The summed E-state index contributed by atoms with van der Waals surface area (Å²) in [5, 5.41) is 8.06. The average molecular weight is 345 g/mol. The van der Waals surface area contributed by atoms with Gasteiger partial charge in [-0.15, -0.1) is 0 Å². The average Bonchev–Trinajstić information content (AvgIpc) is 3.17. The van der Waals surface area contributed by atoms with Crippen molar-refractivity contribution in [1.29, 1.82) is 0 Å². The second-order valence-electron chi connectivity index (χ2n) is 6.83. The molecule has 0 aliphatic heterocycles. The third-order valence-corrected chi connectivity index (χ3v) is 4.97. The van der Waals surface area contributed by atoms with E-state index in [4.69, 9.17) is 5.73 Å². The highest BCUT2D eigenvalue weighted by Crippen LogP contribution is 2.32. The quantitative estimate of drug-likeness (QED) is 0.577. The van der Waals surface area contributed by atoms with Gasteiger partial charge in [0.15, 0.2) is 5.65 Å². The molecule has 1 unspecified atom stereocenters. The summed E-state index contributed by atoms with van der Waals surface area (Å²) in [4.78, 5) is 8.80. The van der Waals surface area contributed by atoms with Gasteiger partial charge in [-0.1, -0.05) is 37.3 Å². The molecule has 0 saturated heterocycles. The smallest absolute Gasteiger partial charge is 0.155 e. The lowest BCUT2D eigenvalue weighted by molar-refractivity contribution is 0.475. The maximum atomic E-state index is 6.20. The zero-order chi connectivity index (χ0) is 18.0. The highest BCUT2D eigenvalue weighted by atomic mass is 15.1. The molecule has 132 valence electrons. The Morgan fingerprint density at radius 2 is 2.00 bits per heavy atom. The summed E-state index contributed by atoms with van der Waals surface area (Å²) >= 11 is 0. The summed E-state index contributed by atoms with van der Waals surface area (Å²) in [6.07, 6.45) is 6.25. The first-order chi connectivity index (χ1) is 12.7. The number of rotatable bonds is 5. The predicted octanol–water partition coefficient (Wildman–Crippen LogP) is 3.73. The monoisotopic (exact) mass is 345 g/mol. The van der Waals surface area contributed by atoms with Gasteiger partial charge in [-0.2, -0.15) is 5.10 Å². The molecule has 3 heterocycles. The molecular formula is C21H23N5. The lowest BCUT2D eigenvalue weighted by Gasteiger charge is -2.29. The van der Waals surface area contributed by atoms with Crippen molar-refractivity contribution in [2.24, 2.45) is 5.73 Å². The van der Waals surface area contributed by atoms with Crippen molar-refractivity contribution in [3.63, 3.8) is 0 Å². The standard InChI is InChI=1S/C21H21N5.H2/c1-21(14-22,12-17-7-2-3-9-23-17)16-6-4-5-15(11-16)18-8-10-24-20-19(18)13-25-26-20;/h2-11,13H,12,14,22H2,1H3,(H,24,25,26);1H. The van der Waals surface area contributed by atoms with Crippen LogP contribution in [-0.4, -0.2) is 26.7 Å². The molecule has 1 aromatic carbocycles. The molecule has 0 spiro atoms. The SMILES string of the molecule is CC(CN)(Cc1ccccn1)c1cccc(-c2ccnc3[nH]ncc23)c1.[HH]. The lowest BCUT2D eigenvalue weighted by atomic mass is 9.77. The number of benzene rings is 1. The zero-order valence-corrected chi connectivity index (χ0v) is 14.7. The van der Waals surface area contributed by atoms with Gasteiger partial charge in [-0.3, -0.25) is 10.1 Å². The molecule has 1 atom stereocenters. The van der Waals surface area contributed by atoms with Crippen LogP contribution < -0.4 is 5.73 Å². The highest BCUT2D eigenvalue weighted by molar-refractivity contribution is 5.92. The van der Waals surface area contributed by atoms with Gasteiger partial charge in [0.1, 0.15) is 0 Å². The maximum Gasteiger partial charge on any atom is 0.155 e. The number of aromatic amines is 1. The third kappa shape index (κ3) is 2.97. The van der Waals surface area contributed by atoms with E-state index < -0.39 is 0 Å². The van der Waals surface area contributed by atoms with Gasteiger partial charge < -0.3 is 5.73 Å². The number of nitrogens with zero attached hydrogens (tertiary/aromatic N) is 3. The van der Waals surface area contributed by atoms with E-state index in [9.17, 15) is 0 Å². The first-order valence-electron chi connectivity index (χ1n) is 8.69. The Morgan fingerprint density at radius 1 is 1.08 bits per heavy atom. The molecule has 4 aromatic rings. The Morgan fingerprint density at radius 3 is 2.81 bits per heavy atom. The molecule has 0 bridgehead atoms. The van der Waals surface area contributed by atoms with Gasteiger partial charge >= 0.3 is 0 Å². The summed E-state index contributed by atoms with van der Waals surface area (Å²) in [5.41, 5.74) is 11.3. The number of fused-ring (bicyclic) bond motifs is 1. The van der Waals surface area contributed by atoms with E-state index in [0.717, 1.165) is 34.3 Å². The van der Waals surface area contributed by atoms with E-state index >= 15 is 0 Å². The van der Waals surface area contributed by atoms with Gasteiger partial charge in [0, 0.05) is 43.3 Å². The molecule has 4 rings (SSSR count). The molecule has 0 saturated carbocycles. The van der Waals surface area contributed by atoms with Crippen LogP contribution in [0, 0.1) is 0 Å². The number of hydrogen-bond donors (Lipinski definition) is 2. The van der Waals surface area contributed by atoms with Crippen LogP contribution in [0.3, 0.4) is 0 Å². The van der Waals surface area contributed by atoms with Crippen LogP contribution in [0.2, 0.25) is 0 Å². The van der Waals surface area contributed by atoms with Crippen molar-refractivity contribution in [3.8, 4) is 11.1 Å². The van der Waals surface area contributed by atoms with E-state index in [1.54, 1.807) is 6.20 Å². The van der Waals surface area contributed by atoms with Crippen LogP contribution in [0.15, 0.2) is 67.1 Å². The van der Waals surface area contributed by atoms with Crippen molar-refractivity contribution in [2.75, 3.05) is 6.54 Å². The van der Waals surface area contributed by atoms with E-state index in [1.165, 1.54) is 5.56 Å². The van der Waals surface area contributed by atoms with Gasteiger partial charge in [0.25, 0.3) is 0 Å². The number of H-pyrrole nitrogens is 1. The van der Waals surface area contributed by atoms with Crippen molar-refractivity contribution >= 4 is 11.0 Å². The molecule has 3 N–H and O–H groups in total. The van der Waals surface area contributed by atoms with Gasteiger partial charge in [-0.25, -0.2) is 4.98 Å². The molecule has 0 radical (unpaired) electrons. The fourth-order valence-corrected chi connectivity index (χ4v) is 3.36. The molecular weight excluding hydrogens is 322 g/mol. The molecule has 0 aliphatic rings. The Labute approximate surface area is 153 Å². The predicted molar refractivity (Wildman–Crippen MR) is 106 cm³/mol. The Kier molecular flexibility index (Phi) is 4.22. The minimum Gasteiger partial charge on any atom is -0.330 e. The second kappa shape index (κ2) is 6.69. The Hall–Kier alpha value is -3.05. The molecule has 3 aromatic heterocycles. The number of nitrogens with two attached hydrogens (primary N) is 1. The number of pyridine rings is 2. The van der Waals surface area contributed by atoms with E-state index in [1.807, 2.05) is 30.6 Å². The van der Waals surface area contributed by atoms with Gasteiger partial charge in [-0.05, 0) is 34.9 Å². The lowest BCUT2D eigenvalue weighted by Crippen LogP contribution is -2.34. The first kappa shape index (κ1) is 16.4. The number of hydrogen-bond acceptors (Lipinski definition) is 4. The van der Waals surface area contributed by atoms with Crippen LogP contribution in [0.5, 0.6) is 0 Å². The minimum absolute atomic E-state index is 0. The summed E-state index contributed by atoms with van der Waals surface area (Å²) in [5.74, 6) is 0. The van der Waals surface area contributed by atoms with Crippen molar-refractivity contribution in [1.82, 2.24) is 20.2 Å². The summed E-state index contributed by atoms with van der Waals surface area (Å²) < 4.78 is 0. The summed E-state index contributed by atoms with van der Waals surface area (Å²) in [6, 6.07) is 16.6. The topological polar surface area (TPSA) is 80.5 Å². The zero-order valence-electron chi connectivity index (χ0n) is 14.7. The van der Waals surface area contributed by atoms with Crippen LogP contribution in [0.1, 0.15) is 19.6 Å². The maximum absolute atomic E-state index is 6.20. The Balaban J connectivity index is 0.00000210. The third-order valence-electron chi connectivity index (χ3n) is 4.97. The molecule has 0 amide bonds. The fraction of sp³-hybridized carbons (Fsp3) is 0.190. The normalized spacial score (nSPS) is 13.6. The molecule has 0 fully saturated rings. The minimum atomic E-state index is -0.188. The summed E-state index contributed by atoms with van der Waals surface area (Å²) in [7, 11) is 0. The largest absolute Gasteiger partial charge is 0.330 e. The van der Waals surface area contributed by atoms with Crippen LogP contribution >= 0.6 is 0 Å². The van der Waals surface area contributed by atoms with Crippen molar-refractivity contribution in [2.45, 2.75) is 18.8 Å². The van der Waals surface area contributed by atoms with E-state index in [-0.39, 0.29) is 6.84 Å². The van der Waals surface area contributed by atoms with E-state index in [0.29, 0.717) is 6.54 Å². The van der Waals surface area contributed by atoms with Crippen LogP contribution in [0.4, 0.5) is 0 Å². The van der Waals surface area contributed by atoms with Crippen molar-refractivity contribution < 1.29 is 1.43 Å². The number of nitrogens with one attached hydrogen (secondary N) is 1.